The number of benzene rings is 2. The molecule has 3 nitrogen and oxygen atoms in total. The molecule has 1 aliphatic carbocycles. The van der Waals surface area contributed by atoms with E-state index in [4.69, 9.17) is 4.84 Å². The van der Waals surface area contributed by atoms with Gasteiger partial charge in [0.1, 0.15) is 12.9 Å². The maximum Gasteiger partial charge on any atom is 0.270 e. The summed E-state index contributed by atoms with van der Waals surface area (Å²) in [7, 11) is 0. The number of carbonyl (C=O) groups excluding carboxylic acids is 1. The molecule has 1 saturated carbocycles. The van der Waals surface area contributed by atoms with Crippen molar-refractivity contribution in [3.63, 3.8) is 0 Å². The van der Waals surface area contributed by atoms with E-state index in [1.165, 1.54) is 6.42 Å². The van der Waals surface area contributed by atoms with Crippen LogP contribution < -0.4 is 0 Å². The molecule has 0 N–H and O–H groups in total. The zero-order valence-electron chi connectivity index (χ0n) is 18.6. The molecule has 0 bridgehead atoms. The average molecular weight is 428 g/mol. The third-order valence-corrected chi connectivity index (χ3v) is 6.14. The van der Waals surface area contributed by atoms with Crippen LogP contribution in [0.5, 0.6) is 0 Å². The number of nitrogens with zero attached hydrogens (tertiary/aromatic N) is 1. The van der Waals surface area contributed by atoms with Gasteiger partial charge in [0.2, 0.25) is 0 Å². The molecular formula is C26H31F2NO2. The molecule has 0 atom stereocenters. The Morgan fingerprint density at radius 3 is 2.55 bits per heavy atom. The first-order chi connectivity index (χ1) is 14.8. The highest BCUT2D eigenvalue weighted by Crippen LogP contribution is 2.40. The maximum absolute atomic E-state index is 14.4. The Kier molecular flexibility index (Phi) is 7.58. The first-order valence-corrected chi connectivity index (χ1v) is 11.1. The minimum Gasteiger partial charge on any atom is -0.391 e. The lowest BCUT2D eigenvalue weighted by Crippen LogP contribution is -2.15. The van der Waals surface area contributed by atoms with E-state index in [9.17, 15) is 13.6 Å². The molecule has 0 unspecified atom stereocenters. The van der Waals surface area contributed by atoms with Crippen LogP contribution in [0, 0.1) is 0 Å². The second kappa shape index (κ2) is 10.2. The monoisotopic (exact) mass is 427 g/mol. The van der Waals surface area contributed by atoms with Crippen molar-refractivity contribution in [3.05, 3.63) is 69.8 Å². The van der Waals surface area contributed by atoms with Crippen LogP contribution in [0.4, 0.5) is 8.78 Å². The van der Waals surface area contributed by atoms with Crippen LogP contribution in [0.3, 0.4) is 0 Å². The van der Waals surface area contributed by atoms with Gasteiger partial charge < -0.3 is 4.84 Å². The minimum absolute atomic E-state index is 0.109. The van der Waals surface area contributed by atoms with E-state index in [0.717, 1.165) is 62.0 Å². The Balaban J connectivity index is 1.74. The second-order valence-electron chi connectivity index (χ2n) is 8.48. The predicted molar refractivity (Wildman–Crippen MR) is 120 cm³/mol. The van der Waals surface area contributed by atoms with Crippen molar-refractivity contribution in [2.24, 2.45) is 5.16 Å². The Hall–Kier alpha value is -2.56. The Labute approximate surface area is 183 Å². The lowest BCUT2D eigenvalue weighted by atomic mass is 9.80. The zero-order chi connectivity index (χ0) is 22.4. The molecule has 3 rings (SSSR count). The minimum atomic E-state index is -2.89. The van der Waals surface area contributed by atoms with E-state index < -0.39 is 5.92 Å². The number of hydrogen-bond donors (Lipinski definition) is 0. The van der Waals surface area contributed by atoms with Crippen molar-refractivity contribution in [2.45, 2.75) is 77.7 Å². The Morgan fingerprint density at radius 1 is 1.16 bits per heavy atom. The fourth-order valence-corrected chi connectivity index (χ4v) is 4.35. The summed E-state index contributed by atoms with van der Waals surface area (Å²) in [5.41, 5.74) is 4.73. The molecule has 0 radical (unpaired) electrons. The van der Waals surface area contributed by atoms with E-state index in [0.29, 0.717) is 16.8 Å². The summed E-state index contributed by atoms with van der Waals surface area (Å²) in [5, 5.41) is 4.17. The van der Waals surface area contributed by atoms with Gasteiger partial charge in [-0.15, -0.1) is 0 Å². The number of carbonyl (C=O) groups is 1. The normalized spacial score (nSPS) is 15.7. The van der Waals surface area contributed by atoms with Crippen molar-refractivity contribution in [3.8, 4) is 0 Å². The van der Waals surface area contributed by atoms with Crippen molar-refractivity contribution in [2.75, 3.05) is 0 Å². The smallest absolute Gasteiger partial charge is 0.270 e. The topological polar surface area (TPSA) is 38.7 Å². The third-order valence-electron chi connectivity index (χ3n) is 6.14. The summed E-state index contributed by atoms with van der Waals surface area (Å²) in [6.07, 6.45) is 6.95. The van der Waals surface area contributed by atoms with Gasteiger partial charge in [-0.2, -0.15) is 0 Å². The standard InChI is InChI=1S/C26H31F2NO2/c1-4-20-15-22(11-12-23(20)16-30)18(2)29-31-17-19-10-13-24(21-8-6-5-7-9-21)25(14-19)26(3,27)28/h10-16,21H,4-9,17H2,1-3H3/b29-18+. The van der Waals surface area contributed by atoms with E-state index in [-0.39, 0.29) is 18.1 Å². The van der Waals surface area contributed by atoms with Gasteiger partial charge in [-0.1, -0.05) is 55.6 Å². The zero-order valence-corrected chi connectivity index (χ0v) is 18.6. The molecule has 0 aliphatic heterocycles. The fourth-order valence-electron chi connectivity index (χ4n) is 4.35. The highest BCUT2D eigenvalue weighted by atomic mass is 19.3. The summed E-state index contributed by atoms with van der Waals surface area (Å²) in [6, 6.07) is 10.8. The number of hydrogen-bond acceptors (Lipinski definition) is 3. The SMILES string of the molecule is CCc1cc(/C(C)=N/OCc2ccc(C3CCCCC3)c(C(C)(F)F)c2)ccc1C=O. The van der Waals surface area contributed by atoms with Crippen LogP contribution in [0.25, 0.3) is 0 Å². The highest BCUT2D eigenvalue weighted by molar-refractivity contribution is 5.99. The summed E-state index contributed by atoms with van der Waals surface area (Å²) < 4.78 is 28.7. The van der Waals surface area contributed by atoms with Gasteiger partial charge in [0.25, 0.3) is 5.92 Å². The van der Waals surface area contributed by atoms with Crippen molar-refractivity contribution in [1.29, 1.82) is 0 Å². The summed E-state index contributed by atoms with van der Waals surface area (Å²) in [4.78, 5) is 16.6. The van der Waals surface area contributed by atoms with E-state index >= 15 is 0 Å². The highest BCUT2D eigenvalue weighted by Gasteiger charge is 2.31. The van der Waals surface area contributed by atoms with E-state index in [1.807, 2.05) is 38.1 Å². The lowest BCUT2D eigenvalue weighted by molar-refractivity contribution is 0.0157. The number of rotatable bonds is 8. The fraction of sp³-hybridized carbons (Fsp3) is 0.462. The molecule has 0 amide bonds. The van der Waals surface area contributed by atoms with Crippen LogP contribution in [-0.2, 0) is 23.8 Å². The first kappa shape index (κ1) is 23.1. The molecule has 0 saturated heterocycles. The molecule has 166 valence electrons. The van der Waals surface area contributed by atoms with Crippen molar-refractivity contribution >= 4 is 12.0 Å². The summed E-state index contributed by atoms with van der Waals surface area (Å²) >= 11 is 0. The van der Waals surface area contributed by atoms with E-state index in [1.54, 1.807) is 12.1 Å². The lowest BCUT2D eigenvalue weighted by Gasteiger charge is -2.26. The number of aldehydes is 1. The first-order valence-electron chi connectivity index (χ1n) is 11.1. The molecule has 2 aromatic rings. The Morgan fingerprint density at radius 2 is 1.90 bits per heavy atom. The van der Waals surface area contributed by atoms with Crippen LogP contribution in [0.1, 0.15) is 97.0 Å². The molecular weight excluding hydrogens is 396 g/mol. The Bertz CT molecular complexity index is 941. The number of alkyl halides is 2. The molecule has 1 aliphatic rings. The molecule has 5 heteroatoms. The quantitative estimate of drug-likeness (QED) is 0.255. The van der Waals surface area contributed by atoms with Crippen LogP contribution in [-0.4, -0.2) is 12.0 Å². The summed E-state index contributed by atoms with van der Waals surface area (Å²) in [6.45, 7) is 4.91. The van der Waals surface area contributed by atoms with Gasteiger partial charge in [-0.05, 0) is 66.5 Å². The number of oxime groups is 1. The second-order valence-corrected chi connectivity index (χ2v) is 8.48. The van der Waals surface area contributed by atoms with Gasteiger partial charge in [-0.3, -0.25) is 4.79 Å². The van der Waals surface area contributed by atoms with Crippen LogP contribution in [0.2, 0.25) is 0 Å². The molecule has 31 heavy (non-hydrogen) atoms. The van der Waals surface area contributed by atoms with Crippen LogP contribution in [0.15, 0.2) is 41.6 Å². The van der Waals surface area contributed by atoms with Crippen molar-refractivity contribution in [1.82, 2.24) is 0 Å². The maximum atomic E-state index is 14.4. The molecule has 2 aromatic carbocycles. The van der Waals surface area contributed by atoms with Crippen LogP contribution >= 0.6 is 0 Å². The van der Waals surface area contributed by atoms with E-state index in [2.05, 4.69) is 5.16 Å². The van der Waals surface area contributed by atoms with Gasteiger partial charge in [0.15, 0.2) is 0 Å². The molecule has 0 spiro atoms. The molecule has 0 aromatic heterocycles. The van der Waals surface area contributed by atoms with Crippen molar-refractivity contribution < 1.29 is 18.4 Å². The molecule has 1 fully saturated rings. The van der Waals surface area contributed by atoms with Gasteiger partial charge in [0, 0.05) is 18.1 Å². The molecule has 0 heterocycles. The van der Waals surface area contributed by atoms with Gasteiger partial charge in [-0.25, -0.2) is 8.78 Å². The average Bonchev–Trinajstić information content (AvgIpc) is 2.78. The summed E-state index contributed by atoms with van der Waals surface area (Å²) in [5.74, 6) is -2.68. The number of aryl methyl sites for hydroxylation is 1. The third kappa shape index (κ3) is 5.78. The van der Waals surface area contributed by atoms with Gasteiger partial charge >= 0.3 is 0 Å². The predicted octanol–water partition coefficient (Wildman–Crippen LogP) is 7.16. The number of halogens is 2. The largest absolute Gasteiger partial charge is 0.391 e. The van der Waals surface area contributed by atoms with Gasteiger partial charge in [0.05, 0.1) is 5.71 Å².